The van der Waals surface area contributed by atoms with Crippen LogP contribution >= 0.6 is 0 Å². The molecule has 1 saturated heterocycles. The van der Waals surface area contributed by atoms with E-state index >= 15 is 0 Å². The second-order valence-electron chi connectivity index (χ2n) is 3.63. The van der Waals surface area contributed by atoms with Gasteiger partial charge in [0.15, 0.2) is 0 Å². The highest BCUT2D eigenvalue weighted by atomic mass is 15.2. The molecule has 2 aliphatic heterocycles. The van der Waals surface area contributed by atoms with Gasteiger partial charge in [-0.2, -0.15) is 0 Å². The highest BCUT2D eigenvalue weighted by molar-refractivity contribution is 5.63. The molecule has 0 spiro atoms. The lowest BCUT2D eigenvalue weighted by molar-refractivity contribution is 0.874. The lowest BCUT2D eigenvalue weighted by atomic mass is 10.1. The van der Waals surface area contributed by atoms with Crippen molar-refractivity contribution in [3.8, 4) is 0 Å². The van der Waals surface area contributed by atoms with Crippen molar-refractivity contribution in [2.45, 2.75) is 19.3 Å². The molecule has 0 saturated carbocycles. The smallest absolute Gasteiger partial charge is 0.0678 e. The van der Waals surface area contributed by atoms with Gasteiger partial charge in [0.1, 0.15) is 0 Å². The Morgan fingerprint density at radius 3 is 3.08 bits per heavy atom. The molecule has 61 valence electrons. The van der Waals surface area contributed by atoms with Crippen LogP contribution < -0.4 is 4.90 Å². The molecule has 1 aromatic carbocycles. The fourth-order valence-corrected chi connectivity index (χ4v) is 2.35. The normalized spacial score (nSPS) is 21.2. The average Bonchev–Trinajstić information content (AvgIpc) is 2.62. The summed E-state index contributed by atoms with van der Waals surface area (Å²) < 4.78 is 0. The average molecular weight is 158 g/mol. The highest BCUT2D eigenvalue weighted by Gasteiger charge is 2.32. The minimum Gasteiger partial charge on any atom is -0.363 e. The third-order valence-corrected chi connectivity index (χ3v) is 2.91. The van der Waals surface area contributed by atoms with Crippen molar-refractivity contribution in [2.75, 3.05) is 11.4 Å². The molecule has 1 nitrogen and oxygen atoms in total. The van der Waals surface area contributed by atoms with E-state index in [0.29, 0.717) is 0 Å². The molecule has 1 fully saturated rings. The minimum absolute atomic E-state index is 1.20. The maximum Gasteiger partial charge on any atom is 0.0678 e. The van der Waals surface area contributed by atoms with Crippen molar-refractivity contribution >= 4 is 5.69 Å². The van der Waals surface area contributed by atoms with E-state index in [1.807, 2.05) is 0 Å². The summed E-state index contributed by atoms with van der Waals surface area (Å²) in [6.07, 6.45) is 3.87. The molecule has 2 aliphatic rings. The van der Waals surface area contributed by atoms with Gasteiger partial charge >= 0.3 is 0 Å². The monoisotopic (exact) mass is 158 g/mol. The van der Waals surface area contributed by atoms with Crippen molar-refractivity contribution < 1.29 is 0 Å². The Morgan fingerprint density at radius 2 is 2.08 bits per heavy atom. The maximum absolute atomic E-state index is 2.50. The van der Waals surface area contributed by atoms with Gasteiger partial charge in [-0.3, -0.25) is 0 Å². The zero-order chi connectivity index (χ0) is 7.97. The van der Waals surface area contributed by atoms with Crippen molar-refractivity contribution in [1.82, 2.24) is 0 Å². The first-order valence-corrected chi connectivity index (χ1v) is 4.65. The number of hydrogen-bond acceptors (Lipinski definition) is 1. The van der Waals surface area contributed by atoms with Crippen LogP contribution in [0.2, 0.25) is 0 Å². The van der Waals surface area contributed by atoms with E-state index in [4.69, 9.17) is 0 Å². The van der Waals surface area contributed by atoms with E-state index in [0.717, 1.165) is 0 Å². The summed E-state index contributed by atoms with van der Waals surface area (Å²) in [6.45, 7) is 1.24. The summed E-state index contributed by atoms with van der Waals surface area (Å²) in [5.41, 5.74) is 2.98. The van der Waals surface area contributed by atoms with Crippen LogP contribution in [0.5, 0.6) is 0 Å². The van der Waals surface area contributed by atoms with E-state index in [1.165, 1.54) is 37.1 Å². The van der Waals surface area contributed by atoms with Crippen LogP contribution in [-0.2, 0) is 6.42 Å². The Bertz CT molecular complexity index is 306. The first-order valence-electron chi connectivity index (χ1n) is 4.65. The number of benzene rings is 1. The van der Waals surface area contributed by atoms with Gasteiger partial charge in [0.2, 0.25) is 0 Å². The van der Waals surface area contributed by atoms with Crippen LogP contribution in [0.25, 0.3) is 0 Å². The minimum atomic E-state index is 1.20. The molecule has 0 amide bonds. The first-order chi connectivity index (χ1) is 5.95. The van der Waals surface area contributed by atoms with Gasteiger partial charge in [-0.05, 0) is 30.9 Å². The Hall–Kier alpha value is -0.980. The number of para-hydroxylation sites is 1. The Kier molecular flexibility index (Phi) is 1.23. The molecule has 2 heterocycles. The van der Waals surface area contributed by atoms with Crippen LogP contribution in [0.4, 0.5) is 5.69 Å². The van der Waals surface area contributed by atoms with Crippen LogP contribution in [0.15, 0.2) is 24.3 Å². The van der Waals surface area contributed by atoms with Crippen molar-refractivity contribution in [3.63, 3.8) is 0 Å². The predicted molar refractivity (Wildman–Crippen MR) is 50.0 cm³/mol. The summed E-state index contributed by atoms with van der Waals surface area (Å²) in [6, 6.07) is 10.4. The molecule has 1 radical (unpaired) electrons. The Labute approximate surface area is 73.0 Å². The van der Waals surface area contributed by atoms with E-state index in [1.54, 1.807) is 6.04 Å². The van der Waals surface area contributed by atoms with Gasteiger partial charge in [0.25, 0.3) is 0 Å². The molecule has 0 aliphatic carbocycles. The highest BCUT2D eigenvalue weighted by Crippen LogP contribution is 2.41. The third kappa shape index (κ3) is 0.739. The molecule has 0 unspecified atom stereocenters. The zero-order valence-corrected chi connectivity index (χ0v) is 7.09. The second kappa shape index (κ2) is 2.25. The molecule has 3 rings (SSSR count). The first kappa shape index (κ1) is 6.53. The number of hydrogen-bond donors (Lipinski definition) is 0. The van der Waals surface area contributed by atoms with Crippen LogP contribution in [0.3, 0.4) is 0 Å². The topological polar surface area (TPSA) is 3.24 Å². The molecule has 1 heteroatoms. The number of anilines is 1. The number of rotatable bonds is 0. The van der Waals surface area contributed by atoms with Crippen LogP contribution in [-0.4, -0.2) is 6.54 Å². The van der Waals surface area contributed by atoms with E-state index in [9.17, 15) is 0 Å². The fourth-order valence-electron chi connectivity index (χ4n) is 2.35. The largest absolute Gasteiger partial charge is 0.363 e. The standard InChI is InChI=1S/C11H12N/c1-2-6-11-9(4-1)8-10-5-3-7-12(10)11/h1-2,4,6H,3,5,7-8H2. The number of fused-ring (bicyclic) bond motifs is 3. The van der Waals surface area contributed by atoms with Crippen molar-refractivity contribution in [1.29, 1.82) is 0 Å². The third-order valence-electron chi connectivity index (χ3n) is 2.91. The molecule has 0 aromatic heterocycles. The summed E-state index contributed by atoms with van der Waals surface area (Å²) >= 11 is 0. The van der Waals surface area contributed by atoms with Gasteiger partial charge < -0.3 is 4.90 Å². The molecule has 0 atom stereocenters. The molecule has 0 bridgehead atoms. The van der Waals surface area contributed by atoms with Gasteiger partial charge in [-0.1, -0.05) is 18.2 Å². The molecular weight excluding hydrogens is 146 g/mol. The second-order valence-corrected chi connectivity index (χ2v) is 3.63. The maximum atomic E-state index is 2.50. The molecule has 12 heavy (non-hydrogen) atoms. The fraction of sp³-hybridized carbons (Fsp3) is 0.364. The summed E-state index contributed by atoms with van der Waals surface area (Å²) in [5.74, 6) is 0. The van der Waals surface area contributed by atoms with Crippen molar-refractivity contribution in [2.24, 2.45) is 0 Å². The zero-order valence-electron chi connectivity index (χ0n) is 7.09. The summed E-state index contributed by atoms with van der Waals surface area (Å²) in [7, 11) is 0. The molecule has 1 aromatic rings. The number of nitrogens with zero attached hydrogens (tertiary/aromatic N) is 1. The Balaban J connectivity index is 2.09. The summed E-state index contributed by atoms with van der Waals surface area (Å²) in [4.78, 5) is 2.50. The van der Waals surface area contributed by atoms with E-state index in [2.05, 4.69) is 29.2 Å². The van der Waals surface area contributed by atoms with Gasteiger partial charge in [0, 0.05) is 12.2 Å². The SMILES string of the molecule is c1ccc2c(c1)C[C]1CCCN12. The lowest BCUT2D eigenvalue weighted by Crippen LogP contribution is -2.17. The quantitative estimate of drug-likeness (QED) is 0.560. The summed E-state index contributed by atoms with van der Waals surface area (Å²) in [5, 5.41) is 0. The molecule has 0 N–H and O–H groups in total. The van der Waals surface area contributed by atoms with Gasteiger partial charge in [-0.25, -0.2) is 0 Å². The van der Waals surface area contributed by atoms with E-state index in [-0.39, 0.29) is 0 Å². The van der Waals surface area contributed by atoms with E-state index < -0.39 is 0 Å². The van der Waals surface area contributed by atoms with Gasteiger partial charge in [0.05, 0.1) is 6.04 Å². The predicted octanol–water partition coefficient (Wildman–Crippen LogP) is 2.37. The Morgan fingerprint density at radius 1 is 1.17 bits per heavy atom. The van der Waals surface area contributed by atoms with Gasteiger partial charge in [-0.15, -0.1) is 0 Å². The van der Waals surface area contributed by atoms with Crippen LogP contribution in [0.1, 0.15) is 18.4 Å². The molecular formula is C11H12N. The van der Waals surface area contributed by atoms with Crippen LogP contribution in [0, 0.1) is 6.04 Å². The lowest BCUT2D eigenvalue weighted by Gasteiger charge is -2.17. The van der Waals surface area contributed by atoms with Crippen molar-refractivity contribution in [3.05, 3.63) is 35.9 Å².